The van der Waals surface area contributed by atoms with Crippen LogP contribution in [0.2, 0.25) is 0 Å². The van der Waals surface area contributed by atoms with E-state index in [9.17, 15) is 4.79 Å². The first-order valence-electron chi connectivity index (χ1n) is 9.51. The number of rotatable bonds is 3. The molecule has 0 saturated carbocycles. The lowest BCUT2D eigenvalue weighted by Crippen LogP contribution is -2.57. The van der Waals surface area contributed by atoms with Gasteiger partial charge in [0.15, 0.2) is 5.58 Å². The molecule has 4 aliphatic rings. The van der Waals surface area contributed by atoms with Crippen molar-refractivity contribution in [3.63, 3.8) is 0 Å². The first-order chi connectivity index (χ1) is 12.8. The minimum Gasteiger partial charge on any atom is -0.460 e. The molecule has 2 bridgehead atoms. The van der Waals surface area contributed by atoms with Crippen LogP contribution in [0, 0.1) is 5.92 Å². The number of hydrogen-bond donors (Lipinski definition) is 1. The van der Waals surface area contributed by atoms with Crippen LogP contribution in [0.25, 0.3) is 11.0 Å². The van der Waals surface area contributed by atoms with Crippen molar-refractivity contribution < 1.29 is 13.9 Å². The lowest BCUT2D eigenvalue weighted by Gasteiger charge is -2.44. The fraction of sp³-hybridized carbons (Fsp3) is 0.579. The second kappa shape index (κ2) is 6.55. The highest BCUT2D eigenvalue weighted by atomic mass is 16.5. The molecule has 1 amide bonds. The van der Waals surface area contributed by atoms with Crippen LogP contribution in [-0.4, -0.2) is 67.8 Å². The monoisotopic (exact) mass is 356 g/mol. The number of hydrogen-bond acceptors (Lipinski definition) is 6. The zero-order chi connectivity index (χ0) is 17.5. The summed E-state index contributed by atoms with van der Waals surface area (Å²) in [5, 5.41) is 4.16. The molecule has 7 heteroatoms. The number of nitrogens with zero attached hydrogens (tertiary/aromatic N) is 3. The van der Waals surface area contributed by atoms with Crippen molar-refractivity contribution in [1.29, 1.82) is 0 Å². The van der Waals surface area contributed by atoms with E-state index < -0.39 is 0 Å². The molecule has 4 fully saturated rings. The number of morpholine rings is 1. The van der Waals surface area contributed by atoms with Gasteiger partial charge in [0.05, 0.1) is 25.1 Å². The number of carbonyl (C=O) groups is 1. The van der Waals surface area contributed by atoms with Gasteiger partial charge >= 0.3 is 0 Å². The SMILES string of the molecule is O=C(NC1CN2CCC1CC2)c1cc2c(N3CCOCC3)coc2cn1. The van der Waals surface area contributed by atoms with Crippen LogP contribution in [0.15, 0.2) is 22.9 Å². The highest BCUT2D eigenvalue weighted by molar-refractivity contribution is 5.99. The van der Waals surface area contributed by atoms with Crippen molar-refractivity contribution in [2.75, 3.05) is 50.8 Å². The summed E-state index contributed by atoms with van der Waals surface area (Å²) in [5.41, 5.74) is 2.19. The maximum absolute atomic E-state index is 12.8. The Morgan fingerprint density at radius 2 is 2.00 bits per heavy atom. The maximum atomic E-state index is 12.8. The van der Waals surface area contributed by atoms with Crippen LogP contribution >= 0.6 is 0 Å². The summed E-state index contributed by atoms with van der Waals surface area (Å²) in [4.78, 5) is 21.8. The molecule has 26 heavy (non-hydrogen) atoms. The van der Waals surface area contributed by atoms with Crippen LogP contribution < -0.4 is 10.2 Å². The topological polar surface area (TPSA) is 70.8 Å². The van der Waals surface area contributed by atoms with E-state index in [4.69, 9.17) is 9.15 Å². The van der Waals surface area contributed by atoms with Crippen molar-refractivity contribution in [2.24, 2.45) is 5.92 Å². The molecule has 6 rings (SSSR count). The first-order valence-corrected chi connectivity index (χ1v) is 9.51. The molecule has 0 aliphatic carbocycles. The average Bonchev–Trinajstić information content (AvgIpc) is 3.13. The summed E-state index contributed by atoms with van der Waals surface area (Å²) in [6.07, 6.45) is 5.78. The van der Waals surface area contributed by atoms with Crippen LogP contribution in [-0.2, 0) is 4.74 Å². The predicted octanol–water partition coefficient (Wildman–Crippen LogP) is 1.49. The zero-order valence-corrected chi connectivity index (χ0v) is 14.8. The Labute approximate surface area is 152 Å². The van der Waals surface area contributed by atoms with Gasteiger partial charge in [-0.25, -0.2) is 4.98 Å². The number of amides is 1. The van der Waals surface area contributed by atoms with Gasteiger partial charge in [-0.05, 0) is 37.9 Å². The maximum Gasteiger partial charge on any atom is 0.270 e. The predicted molar refractivity (Wildman–Crippen MR) is 97.5 cm³/mol. The molecular formula is C19H24N4O3. The van der Waals surface area contributed by atoms with E-state index >= 15 is 0 Å². The molecule has 2 aromatic rings. The van der Waals surface area contributed by atoms with Gasteiger partial charge in [-0.1, -0.05) is 0 Å². The van der Waals surface area contributed by atoms with Gasteiger partial charge in [-0.3, -0.25) is 4.79 Å². The number of pyridine rings is 1. The Balaban J connectivity index is 1.37. The van der Waals surface area contributed by atoms with E-state index in [1.54, 1.807) is 12.5 Å². The second-order valence-corrected chi connectivity index (χ2v) is 7.50. The van der Waals surface area contributed by atoms with E-state index in [0.717, 1.165) is 30.7 Å². The normalized spacial score (nSPS) is 28.5. The molecule has 6 heterocycles. The molecule has 2 aromatic heterocycles. The quantitative estimate of drug-likeness (QED) is 0.898. The van der Waals surface area contributed by atoms with Gasteiger partial charge in [-0.15, -0.1) is 0 Å². The molecule has 1 atom stereocenters. The zero-order valence-electron chi connectivity index (χ0n) is 14.8. The number of piperidine rings is 3. The molecular weight excluding hydrogens is 332 g/mol. The number of fused-ring (bicyclic) bond motifs is 4. The van der Waals surface area contributed by atoms with Crippen LogP contribution in [0.5, 0.6) is 0 Å². The average molecular weight is 356 g/mol. The van der Waals surface area contributed by atoms with E-state index in [1.165, 1.54) is 25.9 Å². The summed E-state index contributed by atoms with van der Waals surface area (Å²) >= 11 is 0. The minimum atomic E-state index is -0.0835. The van der Waals surface area contributed by atoms with Crippen molar-refractivity contribution in [3.05, 3.63) is 24.2 Å². The third-order valence-corrected chi connectivity index (χ3v) is 6.00. The first kappa shape index (κ1) is 16.1. The van der Waals surface area contributed by atoms with Gasteiger partial charge in [-0.2, -0.15) is 0 Å². The molecule has 1 N–H and O–H groups in total. The number of aromatic nitrogens is 1. The number of anilines is 1. The molecule has 4 saturated heterocycles. The number of ether oxygens (including phenoxy) is 1. The summed E-state index contributed by atoms with van der Waals surface area (Å²) in [6, 6.07) is 2.10. The largest absolute Gasteiger partial charge is 0.460 e. The van der Waals surface area contributed by atoms with Crippen molar-refractivity contribution in [1.82, 2.24) is 15.2 Å². The third kappa shape index (κ3) is 2.85. The van der Waals surface area contributed by atoms with E-state index in [2.05, 4.69) is 20.1 Å². The van der Waals surface area contributed by atoms with Crippen LogP contribution in [0.1, 0.15) is 23.3 Å². The van der Waals surface area contributed by atoms with E-state index in [1.807, 2.05) is 6.07 Å². The van der Waals surface area contributed by atoms with Gasteiger partial charge in [0.1, 0.15) is 12.0 Å². The molecule has 1 unspecified atom stereocenters. The summed E-state index contributed by atoms with van der Waals surface area (Å²) in [7, 11) is 0. The van der Waals surface area contributed by atoms with Gasteiger partial charge in [0.2, 0.25) is 0 Å². The highest BCUT2D eigenvalue weighted by Gasteiger charge is 2.35. The standard InChI is InChI=1S/C19H24N4O3/c24-19(21-16-11-22-3-1-13(16)2-4-22)15-9-14-17(12-26-18(14)10-20-15)23-5-7-25-8-6-23/h9-10,12-13,16H,1-8,11H2,(H,21,24). The highest BCUT2D eigenvalue weighted by Crippen LogP contribution is 2.30. The Hall–Kier alpha value is -2.12. The Bertz CT molecular complexity index is 806. The minimum absolute atomic E-state index is 0.0835. The fourth-order valence-corrected chi connectivity index (χ4v) is 4.46. The summed E-state index contributed by atoms with van der Waals surface area (Å²) in [6.45, 7) is 6.38. The van der Waals surface area contributed by atoms with Gasteiger partial charge in [0.25, 0.3) is 5.91 Å². The van der Waals surface area contributed by atoms with Crippen LogP contribution in [0.3, 0.4) is 0 Å². The fourth-order valence-electron chi connectivity index (χ4n) is 4.46. The lowest BCUT2D eigenvalue weighted by molar-refractivity contribution is 0.0618. The van der Waals surface area contributed by atoms with Gasteiger partial charge < -0.3 is 24.3 Å². The Kier molecular flexibility index (Phi) is 4.05. The van der Waals surface area contributed by atoms with Crippen molar-refractivity contribution >= 4 is 22.6 Å². The molecule has 0 radical (unpaired) electrons. The van der Waals surface area contributed by atoms with E-state index in [0.29, 0.717) is 30.4 Å². The van der Waals surface area contributed by atoms with Crippen molar-refractivity contribution in [3.8, 4) is 0 Å². The summed E-state index contributed by atoms with van der Waals surface area (Å²) < 4.78 is 11.1. The Morgan fingerprint density at radius 3 is 2.73 bits per heavy atom. The molecule has 7 nitrogen and oxygen atoms in total. The molecule has 4 aliphatic heterocycles. The number of nitrogens with one attached hydrogen (secondary N) is 1. The number of carbonyl (C=O) groups excluding carboxylic acids is 1. The summed E-state index contributed by atoms with van der Waals surface area (Å²) in [5.74, 6) is 0.519. The molecule has 0 spiro atoms. The van der Waals surface area contributed by atoms with Crippen LogP contribution in [0.4, 0.5) is 5.69 Å². The Morgan fingerprint density at radius 1 is 1.19 bits per heavy atom. The molecule has 0 aromatic carbocycles. The smallest absolute Gasteiger partial charge is 0.270 e. The van der Waals surface area contributed by atoms with Crippen molar-refractivity contribution in [2.45, 2.75) is 18.9 Å². The third-order valence-electron chi connectivity index (χ3n) is 6.00. The molecule has 138 valence electrons. The van der Waals surface area contributed by atoms with Gasteiger partial charge in [0, 0.05) is 31.1 Å². The van der Waals surface area contributed by atoms with E-state index in [-0.39, 0.29) is 11.9 Å². The lowest BCUT2D eigenvalue weighted by atomic mass is 9.84. The second-order valence-electron chi connectivity index (χ2n) is 7.50. The number of furan rings is 1.